The molecular weight excluding hydrogens is 443 g/mol. The number of hydrogen-bond acceptors (Lipinski definition) is 4. The van der Waals surface area contributed by atoms with Crippen molar-refractivity contribution in [1.82, 2.24) is 0 Å². The maximum Gasteiger partial charge on any atom is 0.282 e. The van der Waals surface area contributed by atoms with Crippen LogP contribution in [0.1, 0.15) is 30.9 Å². The summed E-state index contributed by atoms with van der Waals surface area (Å²) in [5.74, 6) is -0.736. The topological polar surface area (TPSA) is 58.6 Å². The number of halogens is 2. The first-order valence-corrected chi connectivity index (χ1v) is 10.8. The van der Waals surface area contributed by atoms with Gasteiger partial charge in [0.1, 0.15) is 17.3 Å². The van der Waals surface area contributed by atoms with E-state index in [-0.39, 0.29) is 22.0 Å². The summed E-state index contributed by atoms with van der Waals surface area (Å²) in [7, 11) is 1.55. The van der Waals surface area contributed by atoms with Gasteiger partial charge in [0.25, 0.3) is 11.8 Å². The second-order valence-corrected chi connectivity index (χ2v) is 8.33. The Hall–Kier alpha value is -3.64. The number of rotatable bonds is 6. The fraction of sp³-hybridized carbons (Fsp3) is 0.154. The molecule has 1 N–H and O–H groups in total. The van der Waals surface area contributed by atoms with Gasteiger partial charge in [0.15, 0.2) is 0 Å². The quantitative estimate of drug-likeness (QED) is 0.454. The normalized spacial score (nSPS) is 13.8. The van der Waals surface area contributed by atoms with E-state index in [0.717, 1.165) is 16.5 Å². The third-order valence-corrected chi connectivity index (χ3v) is 5.76. The van der Waals surface area contributed by atoms with Crippen LogP contribution in [0.2, 0.25) is 5.02 Å². The number of hydrogen-bond donors (Lipinski definition) is 1. The Bertz CT molecular complexity index is 1250. The summed E-state index contributed by atoms with van der Waals surface area (Å²) in [4.78, 5) is 27.9. The zero-order chi connectivity index (χ0) is 23.7. The van der Waals surface area contributed by atoms with Crippen LogP contribution >= 0.6 is 11.6 Å². The van der Waals surface area contributed by atoms with Gasteiger partial charge in [0, 0.05) is 5.69 Å². The highest BCUT2D eigenvalue weighted by molar-refractivity contribution is 6.46. The molecule has 2 amide bonds. The van der Waals surface area contributed by atoms with E-state index in [9.17, 15) is 14.0 Å². The lowest BCUT2D eigenvalue weighted by Gasteiger charge is -2.16. The maximum atomic E-state index is 13.7. The van der Waals surface area contributed by atoms with E-state index in [0.29, 0.717) is 22.9 Å². The van der Waals surface area contributed by atoms with Gasteiger partial charge in [0.2, 0.25) is 0 Å². The fourth-order valence-electron chi connectivity index (χ4n) is 3.63. The summed E-state index contributed by atoms with van der Waals surface area (Å²) in [6.07, 6.45) is 0. The monoisotopic (exact) mass is 464 g/mol. The van der Waals surface area contributed by atoms with Gasteiger partial charge in [-0.05, 0) is 59.5 Å². The van der Waals surface area contributed by atoms with Gasteiger partial charge < -0.3 is 10.1 Å². The molecule has 3 aromatic rings. The highest BCUT2D eigenvalue weighted by Gasteiger charge is 2.40. The number of nitrogens with one attached hydrogen (secondary N) is 1. The molecule has 168 valence electrons. The Morgan fingerprint density at radius 3 is 2.18 bits per heavy atom. The van der Waals surface area contributed by atoms with Gasteiger partial charge in [-0.1, -0.05) is 49.7 Å². The first kappa shape index (κ1) is 22.6. The molecule has 0 unspecified atom stereocenters. The van der Waals surface area contributed by atoms with Crippen LogP contribution in [-0.4, -0.2) is 18.9 Å². The number of carbonyl (C=O) groups is 2. The van der Waals surface area contributed by atoms with E-state index in [4.69, 9.17) is 16.3 Å². The molecule has 0 spiro atoms. The molecule has 4 rings (SSSR count). The number of imide groups is 1. The average Bonchev–Trinajstić information content (AvgIpc) is 3.05. The molecule has 0 saturated heterocycles. The summed E-state index contributed by atoms with van der Waals surface area (Å²) in [5.41, 5.74) is 2.89. The van der Waals surface area contributed by atoms with Gasteiger partial charge in [-0.15, -0.1) is 0 Å². The van der Waals surface area contributed by atoms with Crippen LogP contribution in [0.3, 0.4) is 0 Å². The molecule has 1 aliphatic heterocycles. The fourth-order valence-corrected chi connectivity index (χ4v) is 3.80. The highest BCUT2D eigenvalue weighted by Crippen LogP contribution is 2.35. The molecule has 0 saturated carbocycles. The molecule has 33 heavy (non-hydrogen) atoms. The first-order chi connectivity index (χ1) is 15.8. The van der Waals surface area contributed by atoms with E-state index in [2.05, 4.69) is 19.2 Å². The van der Waals surface area contributed by atoms with E-state index in [1.807, 2.05) is 24.3 Å². The molecule has 1 heterocycles. The van der Waals surface area contributed by atoms with Crippen LogP contribution in [-0.2, 0) is 9.59 Å². The molecule has 3 aromatic carbocycles. The maximum absolute atomic E-state index is 13.7. The van der Waals surface area contributed by atoms with Crippen molar-refractivity contribution >= 4 is 40.4 Å². The largest absolute Gasteiger partial charge is 0.497 e. The van der Waals surface area contributed by atoms with Gasteiger partial charge in [-0.3, -0.25) is 9.59 Å². The number of benzene rings is 3. The predicted octanol–water partition coefficient (Wildman–Crippen LogP) is 6.01. The Labute approximate surface area is 196 Å². The molecule has 1 aliphatic rings. The Balaban J connectivity index is 1.78. The standard InChI is InChI=1S/C26H22ClFN2O3/c1-15(2)16-4-8-18(9-5-16)29-24-23(17-6-11-20(33-3)12-7-17)25(31)30(26(24)32)19-10-13-22(28)21(27)14-19/h4-15,29H,1-3H3. The molecule has 0 bridgehead atoms. The molecular formula is C26H22ClFN2O3. The summed E-state index contributed by atoms with van der Waals surface area (Å²) < 4.78 is 18.9. The zero-order valence-electron chi connectivity index (χ0n) is 18.4. The zero-order valence-corrected chi connectivity index (χ0v) is 19.1. The number of amides is 2. The third-order valence-electron chi connectivity index (χ3n) is 5.47. The van der Waals surface area contributed by atoms with Crippen molar-refractivity contribution in [2.75, 3.05) is 17.3 Å². The average molecular weight is 465 g/mol. The van der Waals surface area contributed by atoms with E-state index < -0.39 is 17.6 Å². The van der Waals surface area contributed by atoms with Gasteiger partial charge in [-0.25, -0.2) is 9.29 Å². The van der Waals surface area contributed by atoms with Crippen molar-refractivity contribution in [2.45, 2.75) is 19.8 Å². The first-order valence-electron chi connectivity index (χ1n) is 10.4. The Morgan fingerprint density at radius 2 is 1.61 bits per heavy atom. The summed E-state index contributed by atoms with van der Waals surface area (Å²) in [6, 6.07) is 18.3. The lowest BCUT2D eigenvalue weighted by molar-refractivity contribution is -0.120. The lowest BCUT2D eigenvalue weighted by atomic mass is 10.0. The predicted molar refractivity (Wildman–Crippen MR) is 128 cm³/mol. The molecule has 0 aromatic heterocycles. The second kappa shape index (κ2) is 9.08. The van der Waals surface area contributed by atoms with Crippen molar-refractivity contribution in [3.05, 3.63) is 94.4 Å². The van der Waals surface area contributed by atoms with Crippen molar-refractivity contribution in [3.8, 4) is 5.75 Å². The molecule has 7 heteroatoms. The van der Waals surface area contributed by atoms with Crippen LogP contribution in [0, 0.1) is 5.82 Å². The number of nitrogens with zero attached hydrogens (tertiary/aromatic N) is 1. The van der Waals surface area contributed by atoms with Crippen molar-refractivity contribution < 1.29 is 18.7 Å². The van der Waals surface area contributed by atoms with Crippen molar-refractivity contribution in [3.63, 3.8) is 0 Å². The summed E-state index contributed by atoms with van der Waals surface area (Å²) in [6.45, 7) is 4.19. The minimum absolute atomic E-state index is 0.128. The van der Waals surface area contributed by atoms with Gasteiger partial charge >= 0.3 is 0 Å². The Kier molecular flexibility index (Phi) is 6.20. The van der Waals surface area contributed by atoms with Crippen molar-refractivity contribution in [1.29, 1.82) is 0 Å². The number of anilines is 2. The summed E-state index contributed by atoms with van der Waals surface area (Å²) in [5, 5.41) is 2.94. The number of methoxy groups -OCH3 is 1. The minimum atomic E-state index is -0.633. The van der Waals surface area contributed by atoms with Crippen LogP contribution < -0.4 is 15.0 Å². The Morgan fingerprint density at radius 1 is 0.939 bits per heavy atom. The van der Waals surface area contributed by atoms with E-state index in [1.54, 1.807) is 31.4 Å². The molecule has 0 radical (unpaired) electrons. The molecule has 0 aliphatic carbocycles. The number of ether oxygens (including phenoxy) is 1. The molecule has 0 atom stereocenters. The van der Waals surface area contributed by atoms with Crippen LogP contribution in [0.4, 0.5) is 15.8 Å². The van der Waals surface area contributed by atoms with Crippen molar-refractivity contribution in [2.24, 2.45) is 0 Å². The highest BCUT2D eigenvalue weighted by atomic mass is 35.5. The van der Waals surface area contributed by atoms with Crippen LogP contribution in [0.15, 0.2) is 72.4 Å². The van der Waals surface area contributed by atoms with Gasteiger partial charge in [-0.2, -0.15) is 0 Å². The van der Waals surface area contributed by atoms with E-state index in [1.165, 1.54) is 12.1 Å². The third kappa shape index (κ3) is 4.34. The van der Waals surface area contributed by atoms with Gasteiger partial charge in [0.05, 0.1) is 23.4 Å². The molecule has 0 fully saturated rings. The van der Waals surface area contributed by atoms with Crippen LogP contribution in [0.5, 0.6) is 5.75 Å². The lowest BCUT2D eigenvalue weighted by Crippen LogP contribution is -2.32. The van der Waals surface area contributed by atoms with Crippen LogP contribution in [0.25, 0.3) is 5.57 Å². The second-order valence-electron chi connectivity index (χ2n) is 7.92. The summed E-state index contributed by atoms with van der Waals surface area (Å²) >= 11 is 5.91. The minimum Gasteiger partial charge on any atom is -0.497 e. The number of carbonyl (C=O) groups excluding carboxylic acids is 2. The smallest absolute Gasteiger partial charge is 0.282 e. The SMILES string of the molecule is COc1ccc(C2=C(Nc3ccc(C(C)C)cc3)C(=O)N(c3ccc(F)c(Cl)c3)C2=O)cc1. The van der Waals surface area contributed by atoms with E-state index >= 15 is 0 Å². The molecule has 5 nitrogen and oxygen atoms in total.